The first-order chi connectivity index (χ1) is 15.0. The van der Waals surface area contributed by atoms with Crippen LogP contribution in [-0.2, 0) is 4.79 Å². The number of nitrogens with one attached hydrogen (secondary N) is 1. The van der Waals surface area contributed by atoms with Gasteiger partial charge in [-0.05, 0) is 43.7 Å². The zero-order valence-corrected chi connectivity index (χ0v) is 18.9. The molecular weight excluding hydrogens is 414 g/mol. The fourth-order valence-electron chi connectivity index (χ4n) is 3.78. The Kier molecular flexibility index (Phi) is 5.82. The first kappa shape index (κ1) is 21.1. The topological polar surface area (TPSA) is 74.6 Å². The number of rotatable bonds is 5. The Labute approximate surface area is 185 Å². The molecule has 8 heteroatoms. The molecule has 0 saturated carbocycles. The molecule has 1 aliphatic heterocycles. The molecule has 0 unspecified atom stereocenters. The van der Waals surface area contributed by atoms with Gasteiger partial charge < -0.3 is 19.5 Å². The van der Waals surface area contributed by atoms with Gasteiger partial charge in [0, 0.05) is 5.56 Å². The SMILES string of the molecule is COc1cc([C@@H]2S[C@@H](C)C(=O)Nc3c2c(C)nn3-c2ccccc2)cc(OC)c1OC. The molecule has 7 nitrogen and oxygen atoms in total. The van der Waals surface area contributed by atoms with Crippen molar-refractivity contribution in [1.82, 2.24) is 9.78 Å². The van der Waals surface area contributed by atoms with Crippen LogP contribution in [-0.4, -0.2) is 42.3 Å². The molecule has 1 aromatic heterocycles. The van der Waals surface area contributed by atoms with Crippen molar-refractivity contribution >= 4 is 23.5 Å². The molecular formula is C23H25N3O4S. The van der Waals surface area contributed by atoms with Gasteiger partial charge in [-0.1, -0.05) is 18.2 Å². The van der Waals surface area contributed by atoms with Crippen LogP contribution in [0.2, 0.25) is 0 Å². The quantitative estimate of drug-likeness (QED) is 0.636. The molecule has 162 valence electrons. The molecule has 0 radical (unpaired) electrons. The molecule has 1 aliphatic rings. The van der Waals surface area contributed by atoms with E-state index in [0.29, 0.717) is 23.1 Å². The van der Waals surface area contributed by atoms with Crippen LogP contribution >= 0.6 is 11.8 Å². The first-order valence-corrected chi connectivity index (χ1v) is 10.8. The second-order valence-corrected chi connectivity index (χ2v) is 8.65. The molecule has 1 N–H and O–H groups in total. The zero-order chi connectivity index (χ0) is 22.1. The number of thioether (sulfide) groups is 1. The summed E-state index contributed by atoms with van der Waals surface area (Å²) in [5.74, 6) is 2.31. The average Bonchev–Trinajstić information content (AvgIpc) is 3.04. The molecule has 0 bridgehead atoms. The number of aromatic nitrogens is 2. The number of aryl methyl sites for hydroxylation is 1. The van der Waals surface area contributed by atoms with Crippen molar-refractivity contribution in [3.63, 3.8) is 0 Å². The lowest BCUT2D eigenvalue weighted by Gasteiger charge is -2.20. The Morgan fingerprint density at radius 1 is 1.03 bits per heavy atom. The Hall–Kier alpha value is -3.13. The van der Waals surface area contributed by atoms with Crippen LogP contribution in [0.25, 0.3) is 5.69 Å². The van der Waals surface area contributed by atoms with Gasteiger partial charge in [-0.15, -0.1) is 11.8 Å². The minimum atomic E-state index is -0.264. The van der Waals surface area contributed by atoms with Gasteiger partial charge in [0.25, 0.3) is 0 Å². The van der Waals surface area contributed by atoms with Crippen molar-refractivity contribution in [2.75, 3.05) is 26.6 Å². The Morgan fingerprint density at radius 2 is 1.68 bits per heavy atom. The van der Waals surface area contributed by atoms with Crippen LogP contribution in [0.15, 0.2) is 42.5 Å². The summed E-state index contributed by atoms with van der Waals surface area (Å²) in [7, 11) is 4.77. The van der Waals surface area contributed by atoms with Crippen LogP contribution in [0.3, 0.4) is 0 Å². The third-order valence-electron chi connectivity index (χ3n) is 5.31. The number of hydrogen-bond donors (Lipinski definition) is 1. The van der Waals surface area contributed by atoms with Crippen LogP contribution < -0.4 is 19.5 Å². The fourth-order valence-corrected chi connectivity index (χ4v) is 5.08. The number of fused-ring (bicyclic) bond motifs is 1. The van der Waals surface area contributed by atoms with Crippen LogP contribution in [0.1, 0.15) is 29.0 Å². The lowest BCUT2D eigenvalue weighted by atomic mass is 10.0. The number of anilines is 1. The third-order valence-corrected chi connectivity index (χ3v) is 6.71. The van der Waals surface area contributed by atoms with Crippen LogP contribution in [0.4, 0.5) is 5.82 Å². The summed E-state index contributed by atoms with van der Waals surface area (Å²) in [6.45, 7) is 3.87. The number of hydrogen-bond acceptors (Lipinski definition) is 6. The minimum absolute atomic E-state index is 0.0572. The lowest BCUT2D eigenvalue weighted by Crippen LogP contribution is -2.22. The van der Waals surface area contributed by atoms with E-state index < -0.39 is 0 Å². The number of para-hydroxylation sites is 1. The number of amides is 1. The van der Waals surface area contributed by atoms with Crippen molar-refractivity contribution in [3.05, 3.63) is 59.3 Å². The van der Waals surface area contributed by atoms with Gasteiger partial charge in [0.2, 0.25) is 11.7 Å². The van der Waals surface area contributed by atoms with Gasteiger partial charge in [0.1, 0.15) is 5.82 Å². The molecule has 3 aromatic rings. The Bertz CT molecular complexity index is 1090. The molecule has 4 rings (SSSR count). The highest BCUT2D eigenvalue weighted by molar-refractivity contribution is 8.01. The number of ether oxygens (including phenoxy) is 3. The van der Waals surface area contributed by atoms with Gasteiger partial charge in [-0.2, -0.15) is 5.10 Å². The van der Waals surface area contributed by atoms with Crippen molar-refractivity contribution < 1.29 is 19.0 Å². The molecule has 0 fully saturated rings. The standard InChI is InChI=1S/C23H25N3O4S/c1-13-19-21(15-11-17(28-3)20(30-5)18(12-15)29-4)31-14(2)23(27)24-22(19)26(25-13)16-9-7-6-8-10-16/h6-12,14,21H,1-5H3,(H,24,27)/t14-,21-/m0/s1. The number of carbonyl (C=O) groups excluding carboxylic acids is 1. The van der Waals surface area contributed by atoms with Gasteiger partial charge in [0.05, 0.1) is 43.2 Å². The van der Waals surface area contributed by atoms with E-state index >= 15 is 0 Å². The normalized spacial score (nSPS) is 18.0. The average molecular weight is 440 g/mol. The molecule has 0 aliphatic carbocycles. The number of carbonyl (C=O) groups is 1. The molecule has 2 atom stereocenters. The van der Waals surface area contributed by atoms with E-state index in [1.54, 1.807) is 37.8 Å². The van der Waals surface area contributed by atoms with Gasteiger partial charge in [-0.25, -0.2) is 4.68 Å². The lowest BCUT2D eigenvalue weighted by molar-refractivity contribution is -0.115. The predicted octanol–water partition coefficient (Wildman–Crippen LogP) is 4.37. The largest absolute Gasteiger partial charge is 0.493 e. The molecule has 2 aromatic carbocycles. The highest BCUT2D eigenvalue weighted by Crippen LogP contribution is 2.49. The maximum atomic E-state index is 12.9. The predicted molar refractivity (Wildman–Crippen MR) is 122 cm³/mol. The van der Waals surface area contributed by atoms with E-state index in [0.717, 1.165) is 22.5 Å². The van der Waals surface area contributed by atoms with Crippen molar-refractivity contribution in [3.8, 4) is 22.9 Å². The van der Waals surface area contributed by atoms with Gasteiger partial charge >= 0.3 is 0 Å². The Balaban J connectivity index is 1.93. The monoisotopic (exact) mass is 439 g/mol. The third kappa shape index (κ3) is 3.72. The molecule has 2 heterocycles. The van der Waals surface area contributed by atoms with Gasteiger partial charge in [-0.3, -0.25) is 4.79 Å². The maximum Gasteiger partial charge on any atom is 0.238 e. The Morgan fingerprint density at radius 3 is 2.26 bits per heavy atom. The smallest absolute Gasteiger partial charge is 0.238 e. The highest BCUT2D eigenvalue weighted by atomic mass is 32.2. The van der Waals surface area contributed by atoms with E-state index in [1.807, 2.05) is 56.3 Å². The zero-order valence-electron chi connectivity index (χ0n) is 18.1. The van der Waals surface area contributed by atoms with E-state index in [1.165, 1.54) is 0 Å². The number of benzene rings is 2. The molecule has 31 heavy (non-hydrogen) atoms. The summed E-state index contributed by atoms with van der Waals surface area (Å²) in [4.78, 5) is 12.9. The molecule has 1 amide bonds. The first-order valence-electron chi connectivity index (χ1n) is 9.89. The van der Waals surface area contributed by atoms with Crippen LogP contribution in [0.5, 0.6) is 17.2 Å². The van der Waals surface area contributed by atoms with E-state index in [9.17, 15) is 4.79 Å². The molecule has 0 saturated heterocycles. The second-order valence-electron chi connectivity index (χ2n) is 7.20. The molecule has 0 spiro atoms. The second kappa shape index (κ2) is 8.55. The van der Waals surface area contributed by atoms with Gasteiger partial charge in [0.15, 0.2) is 11.5 Å². The van der Waals surface area contributed by atoms with E-state index in [-0.39, 0.29) is 16.4 Å². The summed E-state index contributed by atoms with van der Waals surface area (Å²) in [6, 6.07) is 13.7. The van der Waals surface area contributed by atoms with E-state index in [2.05, 4.69) is 5.32 Å². The number of nitrogens with zero attached hydrogens (tertiary/aromatic N) is 2. The summed E-state index contributed by atoms with van der Waals surface area (Å²) in [5.41, 5.74) is 3.63. The van der Waals surface area contributed by atoms with Crippen LogP contribution in [0, 0.1) is 6.92 Å². The van der Waals surface area contributed by atoms with Crippen molar-refractivity contribution in [2.45, 2.75) is 24.3 Å². The summed E-state index contributed by atoms with van der Waals surface area (Å²) in [6.07, 6.45) is 0. The fraction of sp³-hybridized carbons (Fsp3) is 0.304. The minimum Gasteiger partial charge on any atom is -0.493 e. The summed E-state index contributed by atoms with van der Waals surface area (Å²) >= 11 is 1.57. The van der Waals surface area contributed by atoms with Crippen molar-refractivity contribution in [1.29, 1.82) is 0 Å². The highest BCUT2D eigenvalue weighted by Gasteiger charge is 2.35. The van der Waals surface area contributed by atoms with Crippen molar-refractivity contribution in [2.24, 2.45) is 0 Å². The van der Waals surface area contributed by atoms with E-state index in [4.69, 9.17) is 19.3 Å². The number of methoxy groups -OCH3 is 3. The summed E-state index contributed by atoms with van der Waals surface area (Å²) in [5, 5.41) is 7.43. The maximum absolute atomic E-state index is 12.9. The summed E-state index contributed by atoms with van der Waals surface area (Å²) < 4.78 is 18.4.